The van der Waals surface area contributed by atoms with E-state index in [2.05, 4.69) is 21.0 Å². The molecule has 0 aliphatic rings. The van der Waals surface area contributed by atoms with Gasteiger partial charge >= 0.3 is 0 Å². The second kappa shape index (κ2) is 5.62. The summed E-state index contributed by atoms with van der Waals surface area (Å²) in [5, 5.41) is 4.80. The van der Waals surface area contributed by atoms with Crippen LogP contribution in [-0.2, 0) is 18.4 Å². The van der Waals surface area contributed by atoms with E-state index in [-0.39, 0.29) is 6.10 Å². The van der Waals surface area contributed by atoms with Crippen molar-refractivity contribution in [2.24, 2.45) is 7.05 Å². The molecule has 0 amide bonds. The predicted octanol–water partition coefficient (Wildman–Crippen LogP) is 1.94. The van der Waals surface area contributed by atoms with Gasteiger partial charge in [-0.05, 0) is 6.07 Å². The van der Waals surface area contributed by atoms with Crippen LogP contribution in [0.25, 0.3) is 0 Å². The second-order valence-electron chi connectivity index (χ2n) is 2.69. The molecule has 0 aliphatic carbocycles. The Kier molecular flexibility index (Phi) is 4.77. The van der Waals surface area contributed by atoms with E-state index in [0.717, 1.165) is 11.0 Å². The summed E-state index contributed by atoms with van der Waals surface area (Å²) in [6.07, 6.45) is 1.82. The summed E-state index contributed by atoms with van der Waals surface area (Å²) in [5.41, 5.74) is 1.05. The Morgan fingerprint density at radius 2 is 2.54 bits per heavy atom. The second-order valence-corrected chi connectivity index (χ2v) is 3.64. The van der Waals surface area contributed by atoms with Crippen molar-refractivity contribution >= 4 is 27.5 Å². The molecule has 0 saturated carbocycles. The van der Waals surface area contributed by atoms with E-state index in [1.54, 1.807) is 10.9 Å². The maximum atomic E-state index is 5.67. The Hall–Kier alpha value is -0.0600. The van der Waals surface area contributed by atoms with Gasteiger partial charge in [0.15, 0.2) is 0 Å². The van der Waals surface area contributed by atoms with Crippen LogP contribution >= 0.6 is 27.5 Å². The van der Waals surface area contributed by atoms with Crippen LogP contribution in [0.15, 0.2) is 12.3 Å². The van der Waals surface area contributed by atoms with Gasteiger partial charge in [0.05, 0.1) is 18.4 Å². The average molecular weight is 268 g/mol. The minimum Gasteiger partial charge on any atom is -0.370 e. The molecule has 0 aromatic carbocycles. The van der Waals surface area contributed by atoms with Crippen LogP contribution < -0.4 is 0 Å². The van der Waals surface area contributed by atoms with E-state index in [9.17, 15) is 0 Å². The Labute approximate surface area is 91.1 Å². The number of nitrogens with zero attached hydrogens (tertiary/aromatic N) is 2. The van der Waals surface area contributed by atoms with E-state index < -0.39 is 0 Å². The first-order chi connectivity index (χ1) is 6.27. The highest BCUT2D eigenvalue weighted by Crippen LogP contribution is 2.05. The van der Waals surface area contributed by atoms with Crippen molar-refractivity contribution in [3.8, 4) is 0 Å². The Morgan fingerprint density at radius 1 is 1.77 bits per heavy atom. The third-order valence-corrected chi connectivity index (χ3v) is 2.80. The number of ether oxygens (including phenoxy) is 1. The molecule has 1 rings (SSSR count). The van der Waals surface area contributed by atoms with Crippen LogP contribution in [0.2, 0.25) is 0 Å². The Bertz CT molecular complexity index is 250. The van der Waals surface area contributed by atoms with Crippen molar-refractivity contribution in [1.82, 2.24) is 9.78 Å². The van der Waals surface area contributed by atoms with Crippen molar-refractivity contribution in [3.05, 3.63) is 18.0 Å². The fourth-order valence-corrected chi connectivity index (χ4v) is 1.75. The van der Waals surface area contributed by atoms with Gasteiger partial charge in [0.25, 0.3) is 0 Å². The molecular formula is C8H12BrClN2O. The first-order valence-corrected chi connectivity index (χ1v) is 5.64. The minimum absolute atomic E-state index is 0.0663. The van der Waals surface area contributed by atoms with E-state index in [0.29, 0.717) is 12.5 Å². The molecule has 3 nitrogen and oxygen atoms in total. The third-order valence-electron chi connectivity index (χ3n) is 1.73. The predicted molar refractivity (Wildman–Crippen MR) is 56.3 cm³/mol. The maximum Gasteiger partial charge on any atom is 0.0889 e. The lowest BCUT2D eigenvalue weighted by atomic mass is 10.4. The highest BCUT2D eigenvalue weighted by molar-refractivity contribution is 9.09. The lowest BCUT2D eigenvalue weighted by Gasteiger charge is -2.11. The SMILES string of the molecule is Cn1nccc1CO[C@H](CCl)CBr. The molecule has 1 aromatic heterocycles. The highest BCUT2D eigenvalue weighted by atomic mass is 79.9. The van der Waals surface area contributed by atoms with Crippen molar-refractivity contribution in [2.75, 3.05) is 11.2 Å². The van der Waals surface area contributed by atoms with Crippen LogP contribution in [0.1, 0.15) is 5.69 Å². The Morgan fingerprint density at radius 3 is 3.00 bits per heavy atom. The summed E-state index contributed by atoms with van der Waals surface area (Å²) in [4.78, 5) is 0. The lowest BCUT2D eigenvalue weighted by Crippen LogP contribution is -2.17. The van der Waals surface area contributed by atoms with E-state index in [4.69, 9.17) is 16.3 Å². The number of halogens is 2. The standard InChI is InChI=1S/C8H12BrClN2O/c1-12-7(2-3-11-12)6-13-8(4-9)5-10/h2-3,8H,4-6H2,1H3/t8-/m0/s1. The van der Waals surface area contributed by atoms with Crippen molar-refractivity contribution in [1.29, 1.82) is 0 Å². The molecule has 1 heterocycles. The van der Waals surface area contributed by atoms with Crippen LogP contribution in [0, 0.1) is 0 Å². The highest BCUT2D eigenvalue weighted by Gasteiger charge is 2.06. The molecule has 1 atom stereocenters. The van der Waals surface area contributed by atoms with E-state index in [1.165, 1.54) is 0 Å². The molecule has 74 valence electrons. The summed E-state index contributed by atoms with van der Waals surface area (Å²) >= 11 is 9.00. The molecule has 1 aromatic rings. The molecule has 5 heteroatoms. The molecular weight excluding hydrogens is 255 g/mol. The van der Waals surface area contributed by atoms with Crippen LogP contribution in [0.4, 0.5) is 0 Å². The molecule has 13 heavy (non-hydrogen) atoms. The molecule has 0 spiro atoms. The summed E-state index contributed by atoms with van der Waals surface area (Å²) in [5.74, 6) is 0.503. The number of rotatable bonds is 5. The molecule has 0 bridgehead atoms. The molecule has 0 aliphatic heterocycles. The minimum atomic E-state index is 0.0663. The Balaban J connectivity index is 2.38. The summed E-state index contributed by atoms with van der Waals surface area (Å²) in [6.45, 7) is 0.555. The molecule has 0 saturated heterocycles. The van der Waals surface area contributed by atoms with Gasteiger partial charge in [0.2, 0.25) is 0 Å². The normalized spacial score (nSPS) is 13.2. The van der Waals surface area contributed by atoms with Crippen LogP contribution in [0.3, 0.4) is 0 Å². The van der Waals surface area contributed by atoms with Crippen molar-refractivity contribution < 1.29 is 4.74 Å². The van der Waals surface area contributed by atoms with Gasteiger partial charge in [-0.2, -0.15) is 5.10 Å². The fourth-order valence-electron chi connectivity index (χ4n) is 0.876. The summed E-state index contributed by atoms with van der Waals surface area (Å²) < 4.78 is 7.32. The van der Waals surface area contributed by atoms with Crippen molar-refractivity contribution in [3.63, 3.8) is 0 Å². The van der Waals surface area contributed by atoms with Crippen LogP contribution in [0.5, 0.6) is 0 Å². The largest absolute Gasteiger partial charge is 0.370 e. The topological polar surface area (TPSA) is 27.1 Å². The fraction of sp³-hybridized carbons (Fsp3) is 0.625. The maximum absolute atomic E-state index is 5.67. The summed E-state index contributed by atoms with van der Waals surface area (Å²) in [6, 6.07) is 1.93. The van der Waals surface area contributed by atoms with E-state index >= 15 is 0 Å². The van der Waals surface area contributed by atoms with Gasteiger partial charge in [-0.1, -0.05) is 15.9 Å². The van der Waals surface area contributed by atoms with Gasteiger partial charge in [0.1, 0.15) is 0 Å². The van der Waals surface area contributed by atoms with Gasteiger partial charge in [0, 0.05) is 24.5 Å². The zero-order valence-electron chi connectivity index (χ0n) is 7.41. The molecule has 0 fully saturated rings. The zero-order chi connectivity index (χ0) is 9.68. The monoisotopic (exact) mass is 266 g/mol. The average Bonchev–Trinajstić information content (AvgIpc) is 2.54. The lowest BCUT2D eigenvalue weighted by molar-refractivity contribution is 0.0676. The number of hydrogen-bond acceptors (Lipinski definition) is 2. The number of alkyl halides is 2. The number of aryl methyl sites for hydroxylation is 1. The van der Waals surface area contributed by atoms with Gasteiger partial charge in [-0.15, -0.1) is 11.6 Å². The first kappa shape index (κ1) is 11.0. The first-order valence-electron chi connectivity index (χ1n) is 3.98. The van der Waals surface area contributed by atoms with Gasteiger partial charge in [-0.25, -0.2) is 0 Å². The molecule has 0 unspecified atom stereocenters. The number of aromatic nitrogens is 2. The van der Waals surface area contributed by atoms with E-state index in [1.807, 2.05) is 13.1 Å². The zero-order valence-corrected chi connectivity index (χ0v) is 9.75. The van der Waals surface area contributed by atoms with Crippen molar-refractivity contribution in [2.45, 2.75) is 12.7 Å². The quantitative estimate of drug-likeness (QED) is 0.763. The van der Waals surface area contributed by atoms with Crippen LogP contribution in [-0.4, -0.2) is 27.1 Å². The molecule has 0 N–H and O–H groups in total. The smallest absolute Gasteiger partial charge is 0.0889 e. The van der Waals surface area contributed by atoms with Gasteiger partial charge in [-0.3, -0.25) is 4.68 Å². The summed E-state index contributed by atoms with van der Waals surface area (Å²) in [7, 11) is 1.89. The third kappa shape index (κ3) is 3.29. The number of hydrogen-bond donors (Lipinski definition) is 0. The van der Waals surface area contributed by atoms with Gasteiger partial charge < -0.3 is 4.74 Å². The molecule has 0 radical (unpaired) electrons.